The molecule has 0 bridgehead atoms. The van der Waals surface area contributed by atoms with E-state index < -0.39 is 24.1 Å². The molecule has 0 aliphatic carbocycles. The van der Waals surface area contributed by atoms with Crippen molar-refractivity contribution in [2.75, 3.05) is 26.4 Å². The van der Waals surface area contributed by atoms with E-state index in [-0.39, 0.29) is 31.8 Å². The van der Waals surface area contributed by atoms with Gasteiger partial charge in [0, 0.05) is 17.6 Å². The van der Waals surface area contributed by atoms with Gasteiger partial charge in [-0.2, -0.15) is 0 Å². The van der Waals surface area contributed by atoms with Crippen molar-refractivity contribution in [2.45, 2.75) is 59.2 Å². The van der Waals surface area contributed by atoms with E-state index in [9.17, 15) is 19.8 Å². The van der Waals surface area contributed by atoms with E-state index in [2.05, 4.69) is 26.0 Å². The smallest absolute Gasteiger partial charge is 0.330 e. The summed E-state index contributed by atoms with van der Waals surface area (Å²) in [7, 11) is 0. The Kier molecular flexibility index (Phi) is 12.2. The number of hydrogen-bond acceptors (Lipinski definition) is 8. The molecular formula is C31H40O8. The molecule has 0 fully saturated rings. The summed E-state index contributed by atoms with van der Waals surface area (Å²) in [5.74, 6) is 0.274. The highest BCUT2D eigenvalue weighted by molar-refractivity contribution is 5.82. The number of aliphatic hydroxyl groups excluding tert-OH is 2. The predicted octanol–water partition coefficient (Wildman–Crippen LogP) is 4.35. The van der Waals surface area contributed by atoms with Crippen molar-refractivity contribution in [3.8, 4) is 11.5 Å². The van der Waals surface area contributed by atoms with Gasteiger partial charge in [0.05, 0.1) is 0 Å². The van der Waals surface area contributed by atoms with Crippen LogP contribution in [0.2, 0.25) is 0 Å². The molecule has 0 aromatic heterocycles. The third-order valence-electron chi connectivity index (χ3n) is 6.10. The molecule has 0 saturated heterocycles. The van der Waals surface area contributed by atoms with E-state index in [1.165, 1.54) is 12.2 Å². The summed E-state index contributed by atoms with van der Waals surface area (Å²) < 4.78 is 21.4. The van der Waals surface area contributed by atoms with Gasteiger partial charge >= 0.3 is 11.9 Å². The number of carbonyl (C=O) groups is 2. The van der Waals surface area contributed by atoms with E-state index in [0.717, 1.165) is 22.3 Å². The number of aryl methyl sites for hydroxylation is 2. The van der Waals surface area contributed by atoms with Crippen molar-refractivity contribution in [1.29, 1.82) is 0 Å². The lowest BCUT2D eigenvalue weighted by atomic mass is 9.77. The quantitative estimate of drug-likeness (QED) is 0.269. The lowest BCUT2D eigenvalue weighted by Crippen LogP contribution is -2.25. The van der Waals surface area contributed by atoms with Gasteiger partial charge in [-0.25, -0.2) is 9.59 Å². The number of hydrogen-bond donors (Lipinski definition) is 2. The van der Waals surface area contributed by atoms with Crippen LogP contribution in [-0.2, 0) is 24.5 Å². The molecule has 2 unspecified atom stereocenters. The van der Waals surface area contributed by atoms with Gasteiger partial charge < -0.3 is 29.2 Å². The molecule has 0 saturated carbocycles. The Hall–Kier alpha value is -3.62. The number of allylic oxidation sites excluding steroid dienone is 2. The number of rotatable bonds is 14. The Balaban J connectivity index is 2.00. The fourth-order valence-electron chi connectivity index (χ4n) is 3.76. The summed E-state index contributed by atoms with van der Waals surface area (Å²) in [4.78, 5) is 22.8. The van der Waals surface area contributed by atoms with Crippen LogP contribution in [0.15, 0.2) is 60.7 Å². The summed E-state index contributed by atoms with van der Waals surface area (Å²) >= 11 is 0. The average Bonchev–Trinajstić information content (AvgIpc) is 2.89. The number of esters is 2. The van der Waals surface area contributed by atoms with Gasteiger partial charge in [-0.3, -0.25) is 0 Å². The molecule has 0 heterocycles. The Morgan fingerprint density at radius 1 is 0.744 bits per heavy atom. The highest BCUT2D eigenvalue weighted by Crippen LogP contribution is 2.36. The number of aliphatic hydroxyl groups is 2. The Morgan fingerprint density at radius 3 is 1.46 bits per heavy atom. The first kappa shape index (κ1) is 31.6. The predicted molar refractivity (Wildman–Crippen MR) is 149 cm³/mol. The second-order valence-electron chi connectivity index (χ2n) is 9.78. The normalized spacial score (nSPS) is 13.3. The second kappa shape index (κ2) is 15.1. The molecule has 8 nitrogen and oxygen atoms in total. The molecule has 0 radical (unpaired) electrons. The molecule has 39 heavy (non-hydrogen) atoms. The number of ether oxygens (including phenoxy) is 4. The molecular weight excluding hydrogens is 500 g/mol. The maximum atomic E-state index is 11.4. The van der Waals surface area contributed by atoms with Crippen molar-refractivity contribution in [1.82, 2.24) is 0 Å². The van der Waals surface area contributed by atoms with Crippen molar-refractivity contribution in [2.24, 2.45) is 0 Å². The van der Waals surface area contributed by atoms with Gasteiger partial charge in [0.15, 0.2) is 0 Å². The largest absolute Gasteiger partial charge is 0.490 e. The summed E-state index contributed by atoms with van der Waals surface area (Å²) in [5.41, 5.74) is 3.67. The minimum absolute atomic E-state index is 0.000272. The van der Waals surface area contributed by atoms with Crippen LogP contribution < -0.4 is 9.47 Å². The number of benzene rings is 2. The fourth-order valence-corrected chi connectivity index (χ4v) is 3.76. The SMILES string of the molecule is CC=CC(=O)OCC(O)COc1ccc(C(C)(C)c2ccc(OCC(O)COC(=O)C=CC)c(C)c2)cc1C. The second-order valence-corrected chi connectivity index (χ2v) is 9.78. The lowest BCUT2D eigenvalue weighted by molar-refractivity contribution is -0.142. The zero-order valence-corrected chi connectivity index (χ0v) is 23.6. The van der Waals surface area contributed by atoms with Gasteiger partial charge in [-0.1, -0.05) is 50.3 Å². The zero-order chi connectivity index (χ0) is 29.0. The number of carbonyl (C=O) groups excluding carboxylic acids is 2. The van der Waals surface area contributed by atoms with Crippen LogP contribution in [-0.4, -0.2) is 60.8 Å². The first-order valence-electron chi connectivity index (χ1n) is 12.9. The fraction of sp³-hybridized carbons (Fsp3) is 0.419. The third-order valence-corrected chi connectivity index (χ3v) is 6.10. The monoisotopic (exact) mass is 540 g/mol. The van der Waals surface area contributed by atoms with Crippen LogP contribution in [0.3, 0.4) is 0 Å². The minimum Gasteiger partial charge on any atom is -0.490 e. The first-order chi connectivity index (χ1) is 18.5. The first-order valence-corrected chi connectivity index (χ1v) is 12.9. The minimum atomic E-state index is -0.937. The van der Waals surface area contributed by atoms with Gasteiger partial charge in [-0.05, 0) is 62.1 Å². The molecule has 2 atom stereocenters. The molecule has 2 rings (SSSR count). The molecule has 2 N–H and O–H groups in total. The van der Waals surface area contributed by atoms with E-state index in [0.29, 0.717) is 11.5 Å². The van der Waals surface area contributed by atoms with Crippen molar-refractivity contribution >= 4 is 11.9 Å². The summed E-state index contributed by atoms with van der Waals surface area (Å²) in [5, 5.41) is 20.1. The topological polar surface area (TPSA) is 112 Å². The maximum absolute atomic E-state index is 11.4. The lowest BCUT2D eigenvalue weighted by Gasteiger charge is -2.28. The van der Waals surface area contributed by atoms with Gasteiger partial charge in [-0.15, -0.1) is 0 Å². The van der Waals surface area contributed by atoms with Crippen LogP contribution in [0, 0.1) is 13.8 Å². The van der Waals surface area contributed by atoms with Crippen molar-refractivity contribution in [3.63, 3.8) is 0 Å². The van der Waals surface area contributed by atoms with Crippen LogP contribution in [0.1, 0.15) is 49.9 Å². The summed E-state index contributed by atoms with van der Waals surface area (Å²) in [6.07, 6.45) is 3.85. The molecule has 8 heteroatoms. The average molecular weight is 541 g/mol. The molecule has 212 valence electrons. The standard InChI is InChI=1S/C31H40O8/c1-7-9-29(34)38-19-25(32)17-36-27-13-11-23(15-21(27)3)31(5,6)24-12-14-28(22(4)16-24)37-18-26(33)20-39-30(35)10-8-2/h7-16,25-26,32-33H,17-20H2,1-6H3. The summed E-state index contributed by atoms with van der Waals surface area (Å²) in [6, 6.07) is 11.8. The maximum Gasteiger partial charge on any atom is 0.330 e. The molecule has 0 amide bonds. The Bertz CT molecular complexity index is 1080. The Morgan fingerprint density at radius 2 is 1.13 bits per heavy atom. The molecule has 2 aromatic carbocycles. The molecule has 0 aliphatic heterocycles. The van der Waals surface area contributed by atoms with Crippen LogP contribution >= 0.6 is 0 Å². The molecule has 2 aromatic rings. The van der Waals surface area contributed by atoms with Crippen LogP contribution in [0.4, 0.5) is 0 Å². The summed E-state index contributed by atoms with van der Waals surface area (Å²) in [6.45, 7) is 11.3. The molecule has 0 aliphatic rings. The van der Waals surface area contributed by atoms with Gasteiger partial charge in [0.2, 0.25) is 0 Å². The third kappa shape index (κ3) is 9.89. The Labute approximate surface area is 230 Å². The van der Waals surface area contributed by atoms with E-state index in [1.54, 1.807) is 26.0 Å². The molecule has 0 spiro atoms. The van der Waals surface area contributed by atoms with E-state index in [1.807, 2.05) is 38.1 Å². The van der Waals surface area contributed by atoms with Crippen LogP contribution in [0.5, 0.6) is 11.5 Å². The van der Waals surface area contributed by atoms with Gasteiger partial charge in [0.1, 0.15) is 50.1 Å². The van der Waals surface area contributed by atoms with Crippen molar-refractivity contribution < 1.29 is 38.7 Å². The van der Waals surface area contributed by atoms with E-state index in [4.69, 9.17) is 18.9 Å². The van der Waals surface area contributed by atoms with Crippen molar-refractivity contribution in [3.05, 3.63) is 83.0 Å². The zero-order valence-electron chi connectivity index (χ0n) is 23.6. The van der Waals surface area contributed by atoms with E-state index >= 15 is 0 Å². The highest BCUT2D eigenvalue weighted by Gasteiger charge is 2.25. The van der Waals surface area contributed by atoms with Crippen LogP contribution in [0.25, 0.3) is 0 Å². The highest BCUT2D eigenvalue weighted by atomic mass is 16.6. The van der Waals surface area contributed by atoms with Gasteiger partial charge in [0.25, 0.3) is 0 Å².